The van der Waals surface area contributed by atoms with E-state index in [2.05, 4.69) is 10.5 Å². The summed E-state index contributed by atoms with van der Waals surface area (Å²) in [4.78, 5) is 23.8. The van der Waals surface area contributed by atoms with E-state index in [1.165, 1.54) is 18.3 Å². The maximum absolute atomic E-state index is 12.8. The minimum Gasteiger partial charge on any atom is -0.488 e. The Balaban J connectivity index is 1.45. The number of carboxylic acid groups (broad SMARTS) is 1. The lowest BCUT2D eigenvalue weighted by Crippen LogP contribution is -2.18. The fraction of sp³-hybridized carbons (Fsp3) is 0.107. The van der Waals surface area contributed by atoms with Crippen molar-refractivity contribution in [1.29, 1.82) is 0 Å². The maximum Gasteiger partial charge on any atom is 0.335 e. The number of carboxylic acids is 1. The van der Waals surface area contributed by atoms with E-state index in [9.17, 15) is 9.59 Å². The molecule has 1 heterocycles. The van der Waals surface area contributed by atoms with Crippen LogP contribution in [0.2, 0.25) is 5.02 Å². The standard InChI is InChI=1S/C28H24ClN3O4/c1-18-7-8-19(2)32(18)23-13-14-25(29)24(15-23)27(33)31-30-16-22-5-3-4-6-26(22)36-17-20-9-11-21(12-10-20)28(34)35/h3-16H,17H2,1-2H3,(H,31,33)(H,34,35). The molecule has 0 aliphatic rings. The van der Waals surface area contributed by atoms with Gasteiger partial charge < -0.3 is 14.4 Å². The summed E-state index contributed by atoms with van der Waals surface area (Å²) in [5, 5.41) is 13.4. The predicted molar refractivity (Wildman–Crippen MR) is 139 cm³/mol. The van der Waals surface area contributed by atoms with Crippen LogP contribution in [0.3, 0.4) is 0 Å². The highest BCUT2D eigenvalue weighted by Gasteiger charge is 2.13. The Bertz CT molecular complexity index is 1420. The number of aromatic carboxylic acids is 1. The average Bonchev–Trinajstić information content (AvgIpc) is 3.21. The van der Waals surface area contributed by atoms with Crippen molar-refractivity contribution in [3.8, 4) is 11.4 Å². The van der Waals surface area contributed by atoms with E-state index in [1.807, 2.05) is 54.8 Å². The van der Waals surface area contributed by atoms with E-state index in [0.717, 1.165) is 22.6 Å². The van der Waals surface area contributed by atoms with Crippen LogP contribution in [-0.2, 0) is 6.61 Å². The Kier molecular flexibility index (Phi) is 7.51. The molecule has 2 N–H and O–H groups in total. The fourth-order valence-corrected chi connectivity index (χ4v) is 3.95. The normalized spacial score (nSPS) is 11.0. The second-order valence-electron chi connectivity index (χ2n) is 8.14. The number of aryl methyl sites for hydroxylation is 2. The van der Waals surface area contributed by atoms with Gasteiger partial charge in [-0.2, -0.15) is 5.10 Å². The third-order valence-electron chi connectivity index (χ3n) is 5.61. The molecule has 0 spiro atoms. The number of benzene rings is 3. The second kappa shape index (κ2) is 10.9. The van der Waals surface area contributed by atoms with Gasteiger partial charge >= 0.3 is 5.97 Å². The number of amides is 1. The van der Waals surface area contributed by atoms with Gasteiger partial charge in [0.05, 0.1) is 22.4 Å². The highest BCUT2D eigenvalue weighted by molar-refractivity contribution is 6.33. The van der Waals surface area contributed by atoms with Crippen molar-refractivity contribution in [3.63, 3.8) is 0 Å². The van der Waals surface area contributed by atoms with Crippen LogP contribution in [0.1, 0.15) is 43.2 Å². The van der Waals surface area contributed by atoms with Gasteiger partial charge in [-0.15, -0.1) is 0 Å². The van der Waals surface area contributed by atoms with Gasteiger partial charge in [-0.25, -0.2) is 10.2 Å². The molecule has 0 radical (unpaired) electrons. The Morgan fingerprint density at radius 2 is 1.69 bits per heavy atom. The number of hydrogen-bond acceptors (Lipinski definition) is 4. The minimum absolute atomic E-state index is 0.214. The van der Waals surface area contributed by atoms with Gasteiger partial charge in [-0.1, -0.05) is 35.9 Å². The topological polar surface area (TPSA) is 92.9 Å². The highest BCUT2D eigenvalue weighted by Crippen LogP contribution is 2.23. The van der Waals surface area contributed by atoms with Gasteiger partial charge in [0.15, 0.2) is 0 Å². The molecule has 0 fully saturated rings. The van der Waals surface area contributed by atoms with Gasteiger partial charge in [0.1, 0.15) is 12.4 Å². The molecule has 0 saturated heterocycles. The summed E-state index contributed by atoms with van der Waals surface area (Å²) in [5.74, 6) is -0.845. The number of nitrogens with zero attached hydrogens (tertiary/aromatic N) is 2. The Morgan fingerprint density at radius 3 is 2.39 bits per heavy atom. The van der Waals surface area contributed by atoms with Gasteiger partial charge in [0, 0.05) is 22.6 Å². The molecular formula is C28H24ClN3O4. The molecule has 0 aliphatic heterocycles. The van der Waals surface area contributed by atoms with Crippen LogP contribution < -0.4 is 10.2 Å². The van der Waals surface area contributed by atoms with Crippen molar-refractivity contribution < 1.29 is 19.4 Å². The smallest absolute Gasteiger partial charge is 0.335 e. The summed E-state index contributed by atoms with van der Waals surface area (Å²) in [5.41, 5.74) is 7.48. The van der Waals surface area contributed by atoms with E-state index in [-0.39, 0.29) is 12.2 Å². The molecule has 0 atom stereocenters. The number of halogens is 1. The summed E-state index contributed by atoms with van der Waals surface area (Å²) in [6.45, 7) is 4.24. The molecule has 182 valence electrons. The molecule has 0 saturated carbocycles. The summed E-state index contributed by atoms with van der Waals surface area (Å²) < 4.78 is 7.93. The Labute approximate surface area is 213 Å². The number of ether oxygens (including phenoxy) is 1. The van der Waals surface area contributed by atoms with Crippen LogP contribution >= 0.6 is 11.6 Å². The molecule has 1 aromatic heterocycles. The average molecular weight is 502 g/mol. The van der Waals surface area contributed by atoms with E-state index in [0.29, 0.717) is 21.9 Å². The zero-order chi connectivity index (χ0) is 25.7. The minimum atomic E-state index is -0.978. The van der Waals surface area contributed by atoms with Crippen LogP contribution in [0.25, 0.3) is 5.69 Å². The molecule has 4 aromatic rings. The molecule has 36 heavy (non-hydrogen) atoms. The molecule has 8 heteroatoms. The first kappa shape index (κ1) is 24.8. The summed E-state index contributed by atoms with van der Waals surface area (Å²) in [6.07, 6.45) is 1.50. The van der Waals surface area contributed by atoms with Crippen molar-refractivity contribution in [2.24, 2.45) is 5.10 Å². The maximum atomic E-state index is 12.8. The number of hydrazone groups is 1. The monoisotopic (exact) mass is 501 g/mol. The SMILES string of the molecule is Cc1ccc(C)n1-c1ccc(Cl)c(C(=O)NN=Cc2ccccc2OCc2ccc(C(=O)O)cc2)c1. The molecule has 1 amide bonds. The van der Waals surface area contributed by atoms with E-state index < -0.39 is 11.9 Å². The van der Waals surface area contributed by atoms with E-state index >= 15 is 0 Å². The lowest BCUT2D eigenvalue weighted by molar-refractivity contribution is 0.0696. The van der Waals surface area contributed by atoms with E-state index in [4.69, 9.17) is 21.4 Å². The zero-order valence-corrected chi connectivity index (χ0v) is 20.5. The van der Waals surface area contributed by atoms with Crippen molar-refractivity contribution in [1.82, 2.24) is 9.99 Å². The Morgan fingerprint density at radius 1 is 1.00 bits per heavy atom. The largest absolute Gasteiger partial charge is 0.488 e. The van der Waals surface area contributed by atoms with Gasteiger partial charge in [0.2, 0.25) is 0 Å². The predicted octanol–water partition coefficient (Wildman–Crippen LogP) is 5.79. The Hall–Kier alpha value is -4.36. The van der Waals surface area contributed by atoms with E-state index in [1.54, 1.807) is 30.3 Å². The first-order valence-electron chi connectivity index (χ1n) is 11.2. The summed E-state index contributed by atoms with van der Waals surface area (Å²) in [7, 11) is 0. The number of carbonyl (C=O) groups excluding carboxylic acids is 1. The van der Waals surface area contributed by atoms with Crippen molar-refractivity contribution in [2.45, 2.75) is 20.5 Å². The quantitative estimate of drug-likeness (QED) is 0.236. The van der Waals surface area contributed by atoms with Gasteiger partial charge in [0.25, 0.3) is 5.91 Å². The lowest BCUT2D eigenvalue weighted by Gasteiger charge is -2.12. The number of carbonyl (C=O) groups is 2. The number of rotatable bonds is 8. The lowest BCUT2D eigenvalue weighted by atomic mass is 10.1. The fourth-order valence-electron chi connectivity index (χ4n) is 3.75. The van der Waals surface area contributed by atoms with Gasteiger partial charge in [-0.05, 0) is 74.0 Å². The molecule has 0 bridgehead atoms. The summed E-state index contributed by atoms with van der Waals surface area (Å²) >= 11 is 6.31. The van der Waals surface area contributed by atoms with Crippen LogP contribution in [0, 0.1) is 13.8 Å². The van der Waals surface area contributed by atoms with Crippen LogP contribution in [-0.4, -0.2) is 27.8 Å². The zero-order valence-electron chi connectivity index (χ0n) is 19.7. The third-order valence-corrected chi connectivity index (χ3v) is 5.94. The number of nitrogens with one attached hydrogen (secondary N) is 1. The molecule has 4 rings (SSSR count). The van der Waals surface area contributed by atoms with Crippen molar-refractivity contribution in [2.75, 3.05) is 0 Å². The molecule has 3 aromatic carbocycles. The molecule has 7 nitrogen and oxygen atoms in total. The molecular weight excluding hydrogens is 478 g/mol. The first-order chi connectivity index (χ1) is 17.3. The van der Waals surface area contributed by atoms with Crippen LogP contribution in [0.4, 0.5) is 0 Å². The highest BCUT2D eigenvalue weighted by atomic mass is 35.5. The molecule has 0 aliphatic carbocycles. The molecule has 0 unspecified atom stereocenters. The summed E-state index contributed by atoms with van der Waals surface area (Å²) in [6, 6.07) is 23.0. The first-order valence-corrected chi connectivity index (χ1v) is 11.5. The van der Waals surface area contributed by atoms with Crippen molar-refractivity contribution in [3.05, 3.63) is 118 Å². The second-order valence-corrected chi connectivity index (χ2v) is 8.55. The van der Waals surface area contributed by atoms with Crippen molar-refractivity contribution >= 4 is 29.7 Å². The number of para-hydroxylation sites is 1. The van der Waals surface area contributed by atoms with Crippen LogP contribution in [0.15, 0.2) is 84.0 Å². The van der Waals surface area contributed by atoms with Crippen LogP contribution in [0.5, 0.6) is 5.75 Å². The third kappa shape index (κ3) is 5.64. The van der Waals surface area contributed by atoms with Gasteiger partial charge in [-0.3, -0.25) is 4.79 Å². The number of aromatic nitrogens is 1. The number of hydrogen-bond donors (Lipinski definition) is 2.